The molecule has 244 valence electrons. The highest BCUT2D eigenvalue weighted by atomic mass is 32.1. The van der Waals surface area contributed by atoms with Crippen molar-refractivity contribution in [3.8, 4) is 23.0 Å². The molecule has 0 atom stereocenters. The zero-order valence-corrected chi connectivity index (χ0v) is 29.0. The Morgan fingerprint density at radius 2 is 0.980 bits per heavy atom. The zero-order valence-electron chi connectivity index (χ0n) is 27.4. The van der Waals surface area contributed by atoms with Gasteiger partial charge in [-0.3, -0.25) is 0 Å². The number of anilines is 6. The molecule has 0 saturated heterocycles. The molecule has 0 amide bonds. The maximum absolute atomic E-state index is 6.25. The van der Waals surface area contributed by atoms with Crippen LogP contribution in [0.3, 0.4) is 0 Å². The summed E-state index contributed by atoms with van der Waals surface area (Å²) in [7, 11) is 0. The number of thiophene rings is 2. The smallest absolute Gasteiger partial charge is 0.256 e. The van der Waals surface area contributed by atoms with Crippen LogP contribution < -0.4 is 45.1 Å². The Labute approximate surface area is 298 Å². The Kier molecular flexibility index (Phi) is 6.28. The molecule has 0 aliphatic carbocycles. The first-order valence-electron chi connectivity index (χ1n) is 17.3. The molecule has 4 aliphatic rings. The van der Waals surface area contributed by atoms with E-state index in [0.717, 1.165) is 47.2 Å². The second kappa shape index (κ2) is 10.9. The van der Waals surface area contributed by atoms with E-state index in [9.17, 15) is 0 Å². The first-order valence-corrected chi connectivity index (χ1v) is 18.9. The van der Waals surface area contributed by atoms with Crippen molar-refractivity contribution in [2.24, 2.45) is 0 Å². The molecule has 50 heavy (non-hydrogen) atoms. The van der Waals surface area contributed by atoms with Crippen LogP contribution in [0.5, 0.6) is 23.0 Å². The standard InChI is InChI=1S/C41H31BN2O4S2/c1-24-20-29-39-30(21-24)44(26-13-15-32-34(23-26)48-19-7-17-46-32)41-38(28-9-3-5-11-36(28)50-41)42(39)37-27-8-2-4-10-35(27)49-40(37)43(29)25-12-14-31-33(22-25)47-18-6-16-45-31/h2-5,8-15,20-23H,6-7,16-19H2,1H3. The van der Waals surface area contributed by atoms with Gasteiger partial charge in [0.15, 0.2) is 23.0 Å². The maximum atomic E-state index is 6.25. The molecule has 0 bridgehead atoms. The van der Waals surface area contributed by atoms with Gasteiger partial charge in [0.1, 0.15) is 0 Å². The van der Waals surface area contributed by atoms with E-state index < -0.39 is 0 Å². The SMILES string of the molecule is Cc1cc2c3c(c1)N(c1ccc4c(c1)OCCCO4)c1sc4ccccc4c1B3c1c(sc3ccccc13)N2c1ccc2c(c1)OCCCO2. The average molecular weight is 691 g/mol. The highest BCUT2D eigenvalue weighted by Gasteiger charge is 2.47. The Balaban J connectivity index is 1.23. The van der Waals surface area contributed by atoms with Gasteiger partial charge in [0.05, 0.1) is 47.8 Å². The summed E-state index contributed by atoms with van der Waals surface area (Å²) in [5, 5.41) is 5.11. The summed E-state index contributed by atoms with van der Waals surface area (Å²) >= 11 is 3.75. The summed E-state index contributed by atoms with van der Waals surface area (Å²) in [5.74, 6) is 3.20. The van der Waals surface area contributed by atoms with Crippen LogP contribution in [0.1, 0.15) is 18.4 Å². The Bertz CT molecular complexity index is 2360. The first kappa shape index (κ1) is 28.7. The molecule has 0 saturated carbocycles. The van der Waals surface area contributed by atoms with Crippen molar-refractivity contribution in [1.82, 2.24) is 0 Å². The molecular formula is C41H31BN2O4S2. The molecule has 0 N–H and O–H groups in total. The third-order valence-corrected chi connectivity index (χ3v) is 12.6. The van der Waals surface area contributed by atoms with Crippen LogP contribution in [-0.4, -0.2) is 33.1 Å². The fourth-order valence-electron chi connectivity index (χ4n) is 8.17. The molecule has 0 fully saturated rings. The maximum Gasteiger partial charge on any atom is 0.256 e. The molecule has 0 radical (unpaired) electrons. The van der Waals surface area contributed by atoms with E-state index in [4.69, 9.17) is 18.9 Å². The van der Waals surface area contributed by atoms with Gasteiger partial charge in [-0.2, -0.15) is 0 Å². The quantitative estimate of drug-likeness (QED) is 0.169. The predicted octanol–water partition coefficient (Wildman–Crippen LogP) is 8.83. The van der Waals surface area contributed by atoms with E-state index in [0.29, 0.717) is 26.4 Å². The van der Waals surface area contributed by atoms with Gasteiger partial charge in [0.2, 0.25) is 0 Å². The molecule has 6 nitrogen and oxygen atoms in total. The van der Waals surface area contributed by atoms with Crippen molar-refractivity contribution in [3.05, 3.63) is 103 Å². The minimum absolute atomic E-state index is 0.0474. The van der Waals surface area contributed by atoms with Crippen molar-refractivity contribution in [3.63, 3.8) is 0 Å². The summed E-state index contributed by atoms with van der Waals surface area (Å²) in [6.45, 7) is 4.87. The summed E-state index contributed by atoms with van der Waals surface area (Å²) in [6, 6.07) is 35.4. The van der Waals surface area contributed by atoms with Crippen molar-refractivity contribution in [2.75, 3.05) is 36.2 Å². The van der Waals surface area contributed by atoms with E-state index in [1.807, 2.05) is 22.7 Å². The van der Waals surface area contributed by atoms with Gasteiger partial charge in [-0.25, -0.2) is 0 Å². The molecule has 2 aromatic heterocycles. The molecule has 4 aliphatic heterocycles. The molecule has 9 heteroatoms. The number of rotatable bonds is 2. The van der Waals surface area contributed by atoms with E-state index in [2.05, 4.69) is 114 Å². The van der Waals surface area contributed by atoms with Crippen LogP contribution in [0.15, 0.2) is 97.1 Å². The number of aryl methyl sites for hydroxylation is 1. The van der Waals surface area contributed by atoms with E-state index >= 15 is 0 Å². The van der Waals surface area contributed by atoms with Gasteiger partial charge in [-0.05, 0) is 88.2 Å². The van der Waals surface area contributed by atoms with E-state index in [1.165, 1.54) is 63.5 Å². The van der Waals surface area contributed by atoms with Crippen LogP contribution in [-0.2, 0) is 0 Å². The van der Waals surface area contributed by atoms with Crippen molar-refractivity contribution < 1.29 is 18.9 Å². The van der Waals surface area contributed by atoms with Gasteiger partial charge in [-0.1, -0.05) is 36.4 Å². The fraction of sp³-hybridized carbons (Fsp3) is 0.171. The van der Waals surface area contributed by atoms with Crippen LogP contribution in [0.2, 0.25) is 0 Å². The molecule has 5 aromatic carbocycles. The average Bonchev–Trinajstić information content (AvgIpc) is 3.49. The van der Waals surface area contributed by atoms with Gasteiger partial charge in [-0.15, -0.1) is 22.7 Å². The molecule has 0 unspecified atom stereocenters. The number of nitrogens with zero attached hydrogens (tertiary/aromatic N) is 2. The van der Waals surface area contributed by atoms with Crippen LogP contribution in [0.4, 0.5) is 32.8 Å². The topological polar surface area (TPSA) is 43.4 Å². The van der Waals surface area contributed by atoms with Crippen LogP contribution in [0.25, 0.3) is 20.2 Å². The number of benzene rings is 5. The molecule has 6 heterocycles. The normalized spacial score (nSPS) is 15.7. The van der Waals surface area contributed by atoms with Crippen LogP contribution in [0, 0.1) is 6.92 Å². The molecule has 7 aromatic rings. The first-order chi connectivity index (χ1) is 24.7. The molecule has 11 rings (SSSR count). The van der Waals surface area contributed by atoms with Crippen molar-refractivity contribution in [2.45, 2.75) is 19.8 Å². The highest BCUT2D eigenvalue weighted by molar-refractivity contribution is 7.29. The Morgan fingerprint density at radius 1 is 0.520 bits per heavy atom. The van der Waals surface area contributed by atoms with Gasteiger partial charge in [0, 0.05) is 45.7 Å². The monoisotopic (exact) mass is 690 g/mol. The minimum Gasteiger partial charge on any atom is -0.490 e. The van der Waals surface area contributed by atoms with Crippen molar-refractivity contribution in [1.29, 1.82) is 0 Å². The summed E-state index contributed by atoms with van der Waals surface area (Å²) in [5.41, 5.74) is 9.74. The molecular weight excluding hydrogens is 659 g/mol. The number of hydrogen-bond donors (Lipinski definition) is 0. The lowest BCUT2D eigenvalue weighted by atomic mass is 9.33. The third kappa shape index (κ3) is 4.14. The largest absolute Gasteiger partial charge is 0.490 e. The predicted molar refractivity (Wildman–Crippen MR) is 207 cm³/mol. The molecule has 0 spiro atoms. The Hall–Kier alpha value is -5.12. The van der Waals surface area contributed by atoms with E-state index in [-0.39, 0.29) is 6.71 Å². The Morgan fingerprint density at radius 3 is 1.48 bits per heavy atom. The second-order valence-corrected chi connectivity index (χ2v) is 15.4. The second-order valence-electron chi connectivity index (χ2n) is 13.3. The minimum atomic E-state index is 0.0474. The number of hydrogen-bond acceptors (Lipinski definition) is 8. The third-order valence-electron chi connectivity index (χ3n) is 10.2. The highest BCUT2D eigenvalue weighted by Crippen LogP contribution is 2.51. The summed E-state index contributed by atoms with van der Waals surface area (Å²) < 4.78 is 27.2. The lowest BCUT2D eigenvalue weighted by Crippen LogP contribution is -2.60. The fourth-order valence-corrected chi connectivity index (χ4v) is 10.7. The zero-order chi connectivity index (χ0) is 32.9. The van der Waals surface area contributed by atoms with E-state index in [1.54, 1.807) is 0 Å². The van der Waals surface area contributed by atoms with Gasteiger partial charge in [0.25, 0.3) is 6.71 Å². The van der Waals surface area contributed by atoms with Gasteiger partial charge >= 0.3 is 0 Å². The lowest BCUT2D eigenvalue weighted by molar-refractivity contribution is 0.296. The van der Waals surface area contributed by atoms with Crippen LogP contribution >= 0.6 is 22.7 Å². The number of fused-ring (bicyclic) bond motifs is 10. The van der Waals surface area contributed by atoms with Gasteiger partial charge < -0.3 is 28.7 Å². The summed E-state index contributed by atoms with van der Waals surface area (Å²) in [4.78, 5) is 4.95. The number of ether oxygens (including phenoxy) is 4. The lowest BCUT2D eigenvalue weighted by Gasteiger charge is -2.42. The van der Waals surface area contributed by atoms with Crippen molar-refractivity contribution >= 4 is 98.7 Å². The summed E-state index contributed by atoms with van der Waals surface area (Å²) in [6.07, 6.45) is 1.74.